The number of hydrogen-bond acceptors (Lipinski definition) is 4. The van der Waals surface area contributed by atoms with Gasteiger partial charge in [0, 0.05) is 30.2 Å². The average molecular weight is 414 g/mol. The SMILES string of the molecule is Cc1cc(/C=C(/C#N)C(=O)N2CCOCC2)c(C)n1-c1ccc(Cl)c(C(=O)O)c1. The Morgan fingerprint density at radius 1 is 1.24 bits per heavy atom. The summed E-state index contributed by atoms with van der Waals surface area (Å²) < 4.78 is 7.12. The fraction of sp³-hybridized carbons (Fsp3) is 0.286. The zero-order chi connectivity index (χ0) is 21.1. The topological polar surface area (TPSA) is 95.6 Å². The highest BCUT2D eigenvalue weighted by Crippen LogP contribution is 2.26. The van der Waals surface area contributed by atoms with Crippen LogP contribution in [0.3, 0.4) is 0 Å². The number of nitriles is 1. The standard InChI is InChI=1S/C21H20ClN3O4/c1-13-9-15(10-16(12-23)20(26)24-5-7-29-8-6-24)14(2)25(13)17-3-4-19(22)18(11-17)21(27)28/h3-4,9-11H,5-8H2,1-2H3,(H,27,28)/b16-10-. The lowest BCUT2D eigenvalue weighted by Crippen LogP contribution is -2.41. The molecule has 2 aromatic rings. The number of hydrogen-bond donors (Lipinski definition) is 1. The summed E-state index contributed by atoms with van der Waals surface area (Å²) in [6.07, 6.45) is 1.57. The van der Waals surface area contributed by atoms with Crippen LogP contribution in [0.25, 0.3) is 11.8 Å². The number of carboxylic acid groups (broad SMARTS) is 1. The summed E-state index contributed by atoms with van der Waals surface area (Å²) in [5.74, 6) is -1.43. The molecule has 0 aliphatic carbocycles. The maximum Gasteiger partial charge on any atom is 0.337 e. The van der Waals surface area contributed by atoms with Crippen molar-refractivity contribution in [2.75, 3.05) is 26.3 Å². The molecule has 7 nitrogen and oxygen atoms in total. The van der Waals surface area contributed by atoms with Crippen molar-refractivity contribution in [1.29, 1.82) is 5.26 Å². The van der Waals surface area contributed by atoms with Crippen molar-refractivity contribution in [1.82, 2.24) is 9.47 Å². The third kappa shape index (κ3) is 4.19. The van der Waals surface area contributed by atoms with Crippen LogP contribution in [0.15, 0.2) is 29.8 Å². The van der Waals surface area contributed by atoms with Gasteiger partial charge in [0.1, 0.15) is 11.6 Å². The largest absolute Gasteiger partial charge is 0.478 e. The van der Waals surface area contributed by atoms with E-state index in [-0.39, 0.29) is 22.1 Å². The summed E-state index contributed by atoms with van der Waals surface area (Å²) in [6.45, 7) is 5.55. The van der Waals surface area contributed by atoms with Gasteiger partial charge in [0.25, 0.3) is 5.91 Å². The third-order valence-corrected chi connectivity index (χ3v) is 5.19. The second-order valence-corrected chi connectivity index (χ2v) is 7.11. The Bertz CT molecular complexity index is 1040. The van der Waals surface area contributed by atoms with Gasteiger partial charge in [0.15, 0.2) is 0 Å². The van der Waals surface area contributed by atoms with Crippen LogP contribution in [-0.4, -0.2) is 52.8 Å². The lowest BCUT2D eigenvalue weighted by Gasteiger charge is -2.26. The van der Waals surface area contributed by atoms with E-state index in [4.69, 9.17) is 16.3 Å². The number of morpholine rings is 1. The van der Waals surface area contributed by atoms with E-state index in [0.717, 1.165) is 11.4 Å². The lowest BCUT2D eigenvalue weighted by molar-refractivity contribution is -0.130. The highest BCUT2D eigenvalue weighted by atomic mass is 35.5. The number of halogens is 1. The van der Waals surface area contributed by atoms with Crippen molar-refractivity contribution >= 4 is 29.6 Å². The van der Waals surface area contributed by atoms with Crippen LogP contribution < -0.4 is 0 Å². The number of carbonyl (C=O) groups is 2. The number of carboxylic acids is 1. The van der Waals surface area contributed by atoms with Gasteiger partial charge in [-0.15, -0.1) is 0 Å². The van der Waals surface area contributed by atoms with E-state index in [9.17, 15) is 20.0 Å². The zero-order valence-corrected chi connectivity index (χ0v) is 16.9. The maximum atomic E-state index is 12.7. The van der Waals surface area contributed by atoms with E-state index in [1.807, 2.05) is 30.6 Å². The first kappa shape index (κ1) is 20.6. The van der Waals surface area contributed by atoms with Gasteiger partial charge in [-0.05, 0) is 49.8 Å². The van der Waals surface area contributed by atoms with Gasteiger partial charge in [-0.25, -0.2) is 4.79 Å². The molecule has 1 saturated heterocycles. The molecule has 8 heteroatoms. The lowest BCUT2D eigenvalue weighted by atomic mass is 10.1. The molecule has 1 aromatic heterocycles. The van der Waals surface area contributed by atoms with E-state index in [1.165, 1.54) is 12.1 Å². The van der Waals surface area contributed by atoms with Crippen molar-refractivity contribution < 1.29 is 19.4 Å². The minimum Gasteiger partial charge on any atom is -0.478 e. The fourth-order valence-corrected chi connectivity index (χ4v) is 3.58. The van der Waals surface area contributed by atoms with E-state index < -0.39 is 5.97 Å². The van der Waals surface area contributed by atoms with Crippen LogP contribution in [0.5, 0.6) is 0 Å². The predicted molar refractivity (Wildman–Crippen MR) is 108 cm³/mol. The Morgan fingerprint density at radius 3 is 2.55 bits per heavy atom. The van der Waals surface area contributed by atoms with Gasteiger partial charge in [0.2, 0.25) is 0 Å². The van der Waals surface area contributed by atoms with Crippen LogP contribution in [0, 0.1) is 25.2 Å². The predicted octanol–water partition coefficient (Wildman–Crippen LogP) is 3.21. The van der Waals surface area contributed by atoms with Gasteiger partial charge < -0.3 is 19.3 Å². The van der Waals surface area contributed by atoms with E-state index in [2.05, 4.69) is 0 Å². The number of aryl methyl sites for hydroxylation is 1. The third-order valence-electron chi connectivity index (χ3n) is 4.86. The summed E-state index contributed by atoms with van der Waals surface area (Å²) in [6, 6.07) is 8.62. The Labute approximate surface area is 173 Å². The van der Waals surface area contributed by atoms with Gasteiger partial charge >= 0.3 is 5.97 Å². The molecular formula is C21H20ClN3O4. The normalized spacial score (nSPS) is 14.6. The first-order chi connectivity index (χ1) is 13.8. The van der Waals surface area contributed by atoms with Crippen molar-refractivity contribution in [2.45, 2.75) is 13.8 Å². The Kier molecular flexibility index (Phi) is 6.06. The molecule has 0 bridgehead atoms. The highest BCUT2D eigenvalue weighted by molar-refractivity contribution is 6.33. The van der Waals surface area contributed by atoms with Crippen molar-refractivity contribution in [3.63, 3.8) is 0 Å². The minimum atomic E-state index is -1.11. The molecule has 1 fully saturated rings. The zero-order valence-electron chi connectivity index (χ0n) is 16.1. The number of ether oxygens (including phenoxy) is 1. The molecule has 0 saturated carbocycles. The molecule has 3 rings (SSSR count). The summed E-state index contributed by atoms with van der Waals surface area (Å²) >= 11 is 5.97. The van der Waals surface area contributed by atoms with Gasteiger partial charge in [-0.2, -0.15) is 5.26 Å². The number of aromatic carboxylic acids is 1. The second kappa shape index (κ2) is 8.52. The van der Waals surface area contributed by atoms with Crippen LogP contribution >= 0.6 is 11.6 Å². The van der Waals surface area contributed by atoms with Gasteiger partial charge in [-0.3, -0.25) is 4.79 Å². The molecule has 0 spiro atoms. The van der Waals surface area contributed by atoms with E-state index in [1.54, 1.807) is 17.0 Å². The number of aromatic nitrogens is 1. The van der Waals surface area contributed by atoms with Crippen molar-refractivity contribution in [3.05, 3.63) is 57.4 Å². The first-order valence-corrected chi connectivity index (χ1v) is 9.42. The van der Waals surface area contributed by atoms with Gasteiger partial charge in [0.05, 0.1) is 23.8 Å². The van der Waals surface area contributed by atoms with E-state index >= 15 is 0 Å². The number of carbonyl (C=O) groups excluding carboxylic acids is 1. The minimum absolute atomic E-state index is 0.00830. The molecule has 1 amide bonds. The Hall–Kier alpha value is -3.08. The molecule has 2 heterocycles. The fourth-order valence-electron chi connectivity index (χ4n) is 3.38. The molecule has 1 aromatic carbocycles. The highest BCUT2D eigenvalue weighted by Gasteiger charge is 2.21. The molecule has 1 aliphatic heterocycles. The average Bonchev–Trinajstić information content (AvgIpc) is 2.99. The Balaban J connectivity index is 2.00. The van der Waals surface area contributed by atoms with Gasteiger partial charge in [-0.1, -0.05) is 11.6 Å². The smallest absolute Gasteiger partial charge is 0.337 e. The van der Waals surface area contributed by atoms with Crippen molar-refractivity contribution in [2.24, 2.45) is 0 Å². The van der Waals surface area contributed by atoms with Crippen LogP contribution in [0.4, 0.5) is 0 Å². The number of benzene rings is 1. The maximum absolute atomic E-state index is 12.7. The van der Waals surface area contributed by atoms with Crippen LogP contribution in [0.1, 0.15) is 27.3 Å². The van der Waals surface area contributed by atoms with Crippen molar-refractivity contribution in [3.8, 4) is 11.8 Å². The molecular weight excluding hydrogens is 394 g/mol. The monoisotopic (exact) mass is 413 g/mol. The second-order valence-electron chi connectivity index (χ2n) is 6.71. The molecule has 29 heavy (non-hydrogen) atoms. The number of rotatable bonds is 4. The molecule has 0 atom stereocenters. The quantitative estimate of drug-likeness (QED) is 0.613. The Morgan fingerprint density at radius 2 is 1.93 bits per heavy atom. The van der Waals surface area contributed by atoms with Crippen LogP contribution in [0.2, 0.25) is 5.02 Å². The molecule has 0 unspecified atom stereocenters. The molecule has 1 N–H and O–H groups in total. The summed E-state index contributed by atoms with van der Waals surface area (Å²) in [5, 5.41) is 19.0. The van der Waals surface area contributed by atoms with Crippen LogP contribution in [-0.2, 0) is 9.53 Å². The summed E-state index contributed by atoms with van der Waals surface area (Å²) in [4.78, 5) is 25.7. The number of amides is 1. The summed E-state index contributed by atoms with van der Waals surface area (Å²) in [5.41, 5.74) is 3.03. The van der Waals surface area contributed by atoms with E-state index in [0.29, 0.717) is 37.6 Å². The summed E-state index contributed by atoms with van der Waals surface area (Å²) in [7, 11) is 0. The molecule has 1 aliphatic rings. The number of nitrogens with zero attached hydrogens (tertiary/aromatic N) is 3. The molecule has 150 valence electrons. The molecule has 0 radical (unpaired) electrons. The first-order valence-electron chi connectivity index (χ1n) is 9.04.